The molecule has 0 radical (unpaired) electrons. The van der Waals surface area contributed by atoms with Crippen molar-refractivity contribution in [2.45, 2.75) is 51.2 Å². The topological polar surface area (TPSA) is 133 Å². The van der Waals surface area contributed by atoms with Gasteiger partial charge in [0.15, 0.2) is 0 Å². The van der Waals surface area contributed by atoms with Gasteiger partial charge in [-0.3, -0.25) is 10.1 Å². The molecule has 1 aliphatic heterocycles. The van der Waals surface area contributed by atoms with E-state index in [0.717, 1.165) is 5.56 Å². The highest BCUT2D eigenvalue weighted by Crippen LogP contribution is 2.27. The van der Waals surface area contributed by atoms with Gasteiger partial charge in [0.2, 0.25) is 5.91 Å². The molecule has 1 aliphatic rings. The fourth-order valence-corrected chi connectivity index (χ4v) is 3.50. The zero-order valence-electron chi connectivity index (χ0n) is 20.0. The van der Waals surface area contributed by atoms with Crippen LogP contribution in [0.2, 0.25) is 0 Å². The monoisotopic (exact) mass is 503 g/mol. The number of alkyl halides is 2. The number of hydrogen-bond donors (Lipinski definition) is 3. The Balaban J connectivity index is 1.50. The second kappa shape index (κ2) is 11.1. The molecule has 10 nitrogen and oxygen atoms in total. The summed E-state index contributed by atoms with van der Waals surface area (Å²) >= 11 is 0. The van der Waals surface area contributed by atoms with Crippen LogP contribution in [0.4, 0.5) is 25.1 Å². The van der Waals surface area contributed by atoms with Crippen molar-refractivity contribution in [1.29, 1.82) is 0 Å². The molecule has 12 heteroatoms. The number of oxime groups is 1. The first-order valence-corrected chi connectivity index (χ1v) is 11.1. The molecule has 2 atom stereocenters. The highest BCUT2D eigenvalue weighted by molar-refractivity contribution is 5.99. The van der Waals surface area contributed by atoms with E-state index in [4.69, 9.17) is 9.94 Å². The van der Waals surface area contributed by atoms with Crippen LogP contribution in [0.25, 0.3) is 0 Å². The number of urea groups is 1. The van der Waals surface area contributed by atoms with E-state index in [1.165, 1.54) is 11.1 Å². The second-order valence-electron chi connectivity index (χ2n) is 8.53. The number of carbonyl (C=O) groups excluding carboxylic acids is 2. The van der Waals surface area contributed by atoms with E-state index in [0.29, 0.717) is 22.8 Å². The van der Waals surface area contributed by atoms with Crippen molar-refractivity contribution < 1.29 is 33.1 Å². The number of carboxylic acids is 1. The van der Waals surface area contributed by atoms with E-state index in [1.54, 1.807) is 32.2 Å². The Morgan fingerprint density at radius 1 is 1.22 bits per heavy atom. The average molecular weight is 504 g/mol. The van der Waals surface area contributed by atoms with Crippen LogP contribution in [0.15, 0.2) is 47.8 Å². The van der Waals surface area contributed by atoms with Crippen molar-refractivity contribution in [3.63, 3.8) is 0 Å². The van der Waals surface area contributed by atoms with Gasteiger partial charge in [0, 0.05) is 25.4 Å². The van der Waals surface area contributed by atoms with Gasteiger partial charge in [-0.15, -0.1) is 0 Å². The molecule has 2 unspecified atom stereocenters. The summed E-state index contributed by atoms with van der Waals surface area (Å²) in [7, 11) is 1.55. The molecule has 0 saturated carbocycles. The summed E-state index contributed by atoms with van der Waals surface area (Å²) in [4.78, 5) is 46.1. The van der Waals surface area contributed by atoms with Crippen LogP contribution < -0.4 is 10.6 Å². The lowest BCUT2D eigenvalue weighted by Gasteiger charge is -2.24. The van der Waals surface area contributed by atoms with Gasteiger partial charge in [-0.05, 0) is 37.1 Å². The maximum atomic E-state index is 13.4. The van der Waals surface area contributed by atoms with Gasteiger partial charge < -0.3 is 20.2 Å². The largest absolute Gasteiger partial charge is 0.477 e. The molecule has 2 heterocycles. The lowest BCUT2D eigenvalue weighted by molar-refractivity contribution is -0.169. The number of halogens is 2. The van der Waals surface area contributed by atoms with E-state index in [-0.39, 0.29) is 18.7 Å². The molecule has 192 valence electrons. The molecular formula is C24H27F2N5O5. The first kappa shape index (κ1) is 26.5. The van der Waals surface area contributed by atoms with Gasteiger partial charge in [-0.2, -0.15) is 8.78 Å². The van der Waals surface area contributed by atoms with Gasteiger partial charge in [0.1, 0.15) is 11.9 Å². The van der Waals surface area contributed by atoms with Gasteiger partial charge >= 0.3 is 17.9 Å². The summed E-state index contributed by atoms with van der Waals surface area (Å²) in [5, 5.41) is 17.7. The van der Waals surface area contributed by atoms with Crippen LogP contribution in [-0.4, -0.2) is 63.7 Å². The molecule has 0 aliphatic carbocycles. The lowest BCUT2D eigenvalue weighted by Crippen LogP contribution is -2.41. The Bertz CT molecular complexity index is 1160. The van der Waals surface area contributed by atoms with Crippen LogP contribution in [0.1, 0.15) is 30.9 Å². The fraction of sp³-hybridized carbons (Fsp3) is 0.375. The number of pyridine rings is 1. The number of carbonyl (C=O) groups is 3. The number of anilines is 2. The minimum absolute atomic E-state index is 0.00580. The summed E-state index contributed by atoms with van der Waals surface area (Å²) in [5.41, 5.74) is 2.56. The van der Waals surface area contributed by atoms with E-state index in [2.05, 4.69) is 20.8 Å². The number of aryl methyl sites for hydroxylation is 1. The van der Waals surface area contributed by atoms with Gasteiger partial charge in [0.25, 0.3) is 0 Å². The number of carboxylic acid groups (broad SMARTS) is 1. The summed E-state index contributed by atoms with van der Waals surface area (Å²) in [6.07, 6.45) is -0.606. The zero-order chi connectivity index (χ0) is 26.5. The highest BCUT2D eigenvalue weighted by atomic mass is 19.3. The predicted octanol–water partition coefficient (Wildman–Crippen LogP) is 3.68. The van der Waals surface area contributed by atoms with Crippen LogP contribution in [-0.2, 0) is 20.8 Å². The maximum absolute atomic E-state index is 13.4. The predicted molar refractivity (Wildman–Crippen MR) is 128 cm³/mol. The SMILES string of the molecule is Cc1ccccc1NC(=O)Nc1ccc(CC(=O)N(C)C(C)C2=NOC(CC(F)(F)C(=O)O)C2)cn1. The van der Waals surface area contributed by atoms with E-state index < -0.39 is 36.5 Å². The molecule has 1 aromatic carbocycles. The van der Waals surface area contributed by atoms with Crippen molar-refractivity contribution >= 4 is 35.1 Å². The molecule has 1 aromatic heterocycles. The molecule has 0 spiro atoms. The number of amides is 3. The zero-order valence-corrected chi connectivity index (χ0v) is 20.0. The first-order chi connectivity index (χ1) is 17.0. The second-order valence-corrected chi connectivity index (χ2v) is 8.53. The number of hydrogen-bond acceptors (Lipinski definition) is 6. The Kier molecular flexibility index (Phi) is 8.18. The maximum Gasteiger partial charge on any atom is 0.374 e. The Hall–Kier alpha value is -4.09. The van der Waals surface area contributed by atoms with E-state index in [1.807, 2.05) is 25.1 Å². The number of para-hydroxylation sites is 1. The Morgan fingerprint density at radius 3 is 2.58 bits per heavy atom. The summed E-state index contributed by atoms with van der Waals surface area (Å²) in [6.45, 7) is 3.55. The van der Waals surface area contributed by atoms with E-state index >= 15 is 0 Å². The normalized spacial score (nSPS) is 15.9. The number of aliphatic carboxylic acids is 1. The first-order valence-electron chi connectivity index (χ1n) is 11.1. The van der Waals surface area contributed by atoms with Crippen molar-refractivity contribution in [1.82, 2.24) is 9.88 Å². The molecule has 3 amide bonds. The molecule has 36 heavy (non-hydrogen) atoms. The highest BCUT2D eigenvalue weighted by Gasteiger charge is 2.44. The standard InChI is InChI=1S/C24H27F2N5O5/c1-14-6-4-5-7-18(14)28-23(35)29-20-9-8-16(13-27-20)10-21(32)31(3)15(2)19-11-17(36-30-19)12-24(25,26)22(33)34/h4-9,13,15,17H,10-12H2,1-3H3,(H,33,34)(H2,27,28,29,35). The summed E-state index contributed by atoms with van der Waals surface area (Å²) in [5.74, 6) is -6.11. The number of aromatic nitrogens is 1. The van der Waals surface area contributed by atoms with Gasteiger partial charge in [-0.1, -0.05) is 29.4 Å². The summed E-state index contributed by atoms with van der Waals surface area (Å²) in [6, 6.07) is 9.58. The summed E-state index contributed by atoms with van der Waals surface area (Å²) < 4.78 is 26.9. The molecule has 3 rings (SSSR count). The smallest absolute Gasteiger partial charge is 0.374 e. The number of rotatable bonds is 9. The minimum atomic E-state index is -3.92. The molecule has 2 aromatic rings. The van der Waals surface area contributed by atoms with Crippen LogP contribution in [0.5, 0.6) is 0 Å². The molecule has 0 fully saturated rings. The quantitative estimate of drug-likeness (QED) is 0.478. The van der Waals surface area contributed by atoms with Crippen molar-refractivity contribution in [2.75, 3.05) is 17.7 Å². The third kappa shape index (κ3) is 6.74. The Morgan fingerprint density at radius 2 is 1.94 bits per heavy atom. The van der Waals surface area contributed by atoms with E-state index in [9.17, 15) is 23.2 Å². The molecular weight excluding hydrogens is 476 g/mol. The number of nitrogens with one attached hydrogen (secondary N) is 2. The minimum Gasteiger partial charge on any atom is -0.477 e. The molecule has 0 bridgehead atoms. The Labute approximate surface area is 206 Å². The van der Waals surface area contributed by atoms with Crippen molar-refractivity contribution in [3.05, 3.63) is 53.7 Å². The third-order valence-electron chi connectivity index (χ3n) is 5.82. The number of benzene rings is 1. The number of likely N-dealkylation sites (N-methyl/N-ethyl adjacent to an activating group) is 1. The lowest BCUT2D eigenvalue weighted by atomic mass is 10.0. The average Bonchev–Trinajstić information content (AvgIpc) is 3.28. The fourth-order valence-electron chi connectivity index (χ4n) is 3.50. The van der Waals surface area contributed by atoms with Gasteiger partial charge in [0.05, 0.1) is 24.6 Å². The van der Waals surface area contributed by atoms with Gasteiger partial charge in [-0.25, -0.2) is 14.6 Å². The van der Waals surface area contributed by atoms with Crippen molar-refractivity contribution in [2.24, 2.45) is 5.16 Å². The van der Waals surface area contributed by atoms with Crippen molar-refractivity contribution in [3.8, 4) is 0 Å². The molecule has 0 saturated heterocycles. The van der Waals surface area contributed by atoms with Crippen LogP contribution >= 0.6 is 0 Å². The third-order valence-corrected chi connectivity index (χ3v) is 5.82. The molecule has 3 N–H and O–H groups in total. The van der Waals surface area contributed by atoms with Crippen LogP contribution in [0, 0.1) is 6.92 Å². The van der Waals surface area contributed by atoms with Crippen LogP contribution in [0.3, 0.4) is 0 Å². The number of nitrogens with zero attached hydrogens (tertiary/aromatic N) is 3.